The highest BCUT2D eigenvalue weighted by atomic mass is 28.4. The molecule has 0 saturated carbocycles. The molecule has 1 aromatic rings. The Morgan fingerprint density at radius 1 is 1.33 bits per heavy atom. The SMILES string of the molecule is CO[Si](C)(CC(C)C)OCOc1cccc(N)c1. The molecule has 0 aliphatic heterocycles. The average molecular weight is 269 g/mol. The van der Waals surface area contributed by atoms with Gasteiger partial charge in [-0.1, -0.05) is 19.9 Å². The number of anilines is 1. The zero-order valence-electron chi connectivity index (χ0n) is 11.6. The van der Waals surface area contributed by atoms with Crippen molar-refractivity contribution in [2.45, 2.75) is 26.4 Å². The molecule has 0 fully saturated rings. The Bertz CT molecular complexity index is 373. The van der Waals surface area contributed by atoms with Crippen LogP contribution in [-0.2, 0) is 8.85 Å². The van der Waals surface area contributed by atoms with Crippen LogP contribution in [0.2, 0.25) is 12.6 Å². The Balaban J connectivity index is 2.44. The van der Waals surface area contributed by atoms with Crippen LogP contribution in [0.3, 0.4) is 0 Å². The molecule has 1 rings (SSSR count). The summed E-state index contributed by atoms with van der Waals surface area (Å²) in [5.41, 5.74) is 6.35. The molecular formula is C13H23NO3Si. The summed E-state index contributed by atoms with van der Waals surface area (Å²) in [5, 5.41) is 0. The third-order valence-corrected chi connectivity index (χ3v) is 5.81. The van der Waals surface area contributed by atoms with E-state index >= 15 is 0 Å². The van der Waals surface area contributed by atoms with Gasteiger partial charge in [0.15, 0.2) is 6.79 Å². The van der Waals surface area contributed by atoms with Crippen LogP contribution in [0.25, 0.3) is 0 Å². The van der Waals surface area contributed by atoms with Crippen molar-refractivity contribution in [2.24, 2.45) is 5.92 Å². The van der Waals surface area contributed by atoms with Crippen LogP contribution in [0.1, 0.15) is 13.8 Å². The summed E-state index contributed by atoms with van der Waals surface area (Å²) in [6, 6.07) is 8.25. The number of benzene rings is 1. The Hall–Kier alpha value is -1.04. The number of nitrogen functional groups attached to an aromatic ring is 1. The van der Waals surface area contributed by atoms with E-state index in [-0.39, 0.29) is 6.79 Å². The van der Waals surface area contributed by atoms with Crippen LogP contribution in [0.15, 0.2) is 24.3 Å². The van der Waals surface area contributed by atoms with Crippen molar-refractivity contribution >= 4 is 14.2 Å². The summed E-state index contributed by atoms with van der Waals surface area (Å²) in [7, 11) is -0.407. The smallest absolute Gasteiger partial charge is 0.337 e. The highest BCUT2D eigenvalue weighted by Gasteiger charge is 2.31. The van der Waals surface area contributed by atoms with Gasteiger partial charge in [-0.25, -0.2) is 0 Å². The number of nitrogens with two attached hydrogens (primary N) is 1. The van der Waals surface area contributed by atoms with Gasteiger partial charge in [-0.15, -0.1) is 0 Å². The standard InChI is InChI=1S/C13H23NO3Si/c1-11(2)9-18(4,15-3)17-10-16-13-7-5-6-12(14)8-13/h5-8,11H,9-10,14H2,1-4H3. The van der Waals surface area contributed by atoms with Crippen LogP contribution in [0, 0.1) is 5.92 Å². The molecule has 1 atom stereocenters. The van der Waals surface area contributed by atoms with Gasteiger partial charge >= 0.3 is 8.56 Å². The quantitative estimate of drug-likeness (QED) is 0.470. The minimum atomic E-state index is -2.11. The van der Waals surface area contributed by atoms with Gasteiger partial charge in [0.1, 0.15) is 5.75 Å². The fourth-order valence-corrected chi connectivity index (χ4v) is 3.96. The van der Waals surface area contributed by atoms with E-state index in [9.17, 15) is 0 Å². The molecule has 0 aromatic heterocycles. The minimum absolute atomic E-state index is 0.201. The molecule has 0 heterocycles. The largest absolute Gasteiger partial charge is 0.468 e. The first-order valence-corrected chi connectivity index (χ1v) is 8.65. The van der Waals surface area contributed by atoms with Crippen molar-refractivity contribution in [1.29, 1.82) is 0 Å². The monoisotopic (exact) mass is 269 g/mol. The molecule has 1 aromatic carbocycles. The van der Waals surface area contributed by atoms with Gasteiger partial charge in [0.25, 0.3) is 0 Å². The van der Waals surface area contributed by atoms with E-state index in [1.165, 1.54) is 0 Å². The van der Waals surface area contributed by atoms with E-state index in [1.54, 1.807) is 13.2 Å². The second-order valence-corrected chi connectivity index (χ2v) is 8.29. The highest BCUT2D eigenvalue weighted by molar-refractivity contribution is 6.66. The lowest BCUT2D eigenvalue weighted by molar-refractivity contribution is 0.0780. The van der Waals surface area contributed by atoms with Crippen molar-refractivity contribution < 1.29 is 13.6 Å². The summed E-state index contributed by atoms with van der Waals surface area (Å²) in [6.45, 7) is 6.57. The first-order chi connectivity index (χ1) is 8.45. The Morgan fingerprint density at radius 3 is 2.61 bits per heavy atom. The maximum Gasteiger partial charge on any atom is 0.337 e. The molecule has 0 spiro atoms. The van der Waals surface area contributed by atoms with E-state index in [4.69, 9.17) is 19.3 Å². The molecule has 0 aliphatic carbocycles. The lowest BCUT2D eigenvalue weighted by atomic mass is 10.3. The zero-order valence-corrected chi connectivity index (χ0v) is 12.6. The van der Waals surface area contributed by atoms with Crippen LogP contribution in [0.4, 0.5) is 5.69 Å². The first kappa shape index (κ1) is 15.0. The summed E-state index contributed by atoms with van der Waals surface area (Å²) in [6.07, 6.45) is 0. The third-order valence-electron chi connectivity index (χ3n) is 2.66. The summed E-state index contributed by atoms with van der Waals surface area (Å²) in [4.78, 5) is 0. The number of hydrogen-bond donors (Lipinski definition) is 1. The molecule has 0 aliphatic rings. The fraction of sp³-hybridized carbons (Fsp3) is 0.538. The number of ether oxygens (including phenoxy) is 1. The molecule has 4 nitrogen and oxygen atoms in total. The van der Waals surface area contributed by atoms with E-state index in [1.807, 2.05) is 18.2 Å². The molecule has 1 unspecified atom stereocenters. The lowest BCUT2D eigenvalue weighted by Gasteiger charge is -2.26. The van der Waals surface area contributed by atoms with Gasteiger partial charge in [0.2, 0.25) is 0 Å². The maximum atomic E-state index is 5.79. The molecule has 0 radical (unpaired) electrons. The Kier molecular flexibility index (Phi) is 5.65. The van der Waals surface area contributed by atoms with Crippen molar-refractivity contribution in [3.63, 3.8) is 0 Å². The lowest BCUT2D eigenvalue weighted by Crippen LogP contribution is -2.39. The highest BCUT2D eigenvalue weighted by Crippen LogP contribution is 2.20. The summed E-state index contributed by atoms with van der Waals surface area (Å²) in [5.74, 6) is 1.26. The van der Waals surface area contributed by atoms with Crippen molar-refractivity contribution in [3.05, 3.63) is 24.3 Å². The second kappa shape index (κ2) is 6.77. The van der Waals surface area contributed by atoms with Crippen LogP contribution < -0.4 is 10.5 Å². The van der Waals surface area contributed by atoms with E-state index in [0.717, 1.165) is 6.04 Å². The molecule has 5 heteroatoms. The second-order valence-electron chi connectivity index (χ2n) is 4.91. The predicted molar refractivity (Wildman–Crippen MR) is 75.7 cm³/mol. The molecule has 0 bridgehead atoms. The topological polar surface area (TPSA) is 53.7 Å². The first-order valence-electron chi connectivity index (χ1n) is 6.12. The summed E-state index contributed by atoms with van der Waals surface area (Å²) >= 11 is 0. The zero-order chi connectivity index (χ0) is 13.6. The Labute approximate surface area is 110 Å². The molecule has 0 amide bonds. The van der Waals surface area contributed by atoms with Gasteiger partial charge in [-0.3, -0.25) is 0 Å². The number of rotatable bonds is 7. The molecule has 102 valence electrons. The molecule has 18 heavy (non-hydrogen) atoms. The fourth-order valence-electron chi connectivity index (χ4n) is 1.77. The molecule has 0 saturated heterocycles. The summed E-state index contributed by atoms with van der Waals surface area (Å²) < 4.78 is 16.8. The third kappa shape index (κ3) is 5.08. The van der Waals surface area contributed by atoms with Gasteiger partial charge < -0.3 is 19.3 Å². The van der Waals surface area contributed by atoms with E-state index in [0.29, 0.717) is 17.4 Å². The van der Waals surface area contributed by atoms with Gasteiger partial charge in [-0.2, -0.15) is 0 Å². The normalized spacial score (nSPS) is 14.5. The van der Waals surface area contributed by atoms with E-state index in [2.05, 4.69) is 20.4 Å². The van der Waals surface area contributed by atoms with Crippen LogP contribution in [-0.4, -0.2) is 22.5 Å². The van der Waals surface area contributed by atoms with Crippen LogP contribution in [0.5, 0.6) is 5.75 Å². The molecular weight excluding hydrogens is 246 g/mol. The van der Waals surface area contributed by atoms with Crippen molar-refractivity contribution in [1.82, 2.24) is 0 Å². The van der Waals surface area contributed by atoms with E-state index < -0.39 is 8.56 Å². The van der Waals surface area contributed by atoms with Gasteiger partial charge in [0.05, 0.1) is 0 Å². The van der Waals surface area contributed by atoms with Gasteiger partial charge in [-0.05, 0) is 30.6 Å². The van der Waals surface area contributed by atoms with Crippen molar-refractivity contribution in [3.8, 4) is 5.75 Å². The minimum Gasteiger partial charge on any atom is -0.468 e. The number of hydrogen-bond acceptors (Lipinski definition) is 4. The average Bonchev–Trinajstić information content (AvgIpc) is 2.28. The molecule has 2 N–H and O–H groups in total. The van der Waals surface area contributed by atoms with Gasteiger partial charge in [0, 0.05) is 18.9 Å². The predicted octanol–water partition coefficient (Wildman–Crippen LogP) is 3.00. The maximum absolute atomic E-state index is 5.79. The van der Waals surface area contributed by atoms with Crippen molar-refractivity contribution in [2.75, 3.05) is 19.6 Å². The van der Waals surface area contributed by atoms with Crippen LogP contribution >= 0.6 is 0 Å². The Morgan fingerprint density at radius 2 is 2.06 bits per heavy atom.